The van der Waals surface area contributed by atoms with E-state index in [-0.39, 0.29) is 24.5 Å². The number of hydrogen-bond donors (Lipinski definition) is 2. The normalized spacial score (nSPS) is 12.8. The summed E-state index contributed by atoms with van der Waals surface area (Å²) in [5, 5.41) is 11.5. The molecule has 1 aromatic rings. The first-order chi connectivity index (χ1) is 11.1. The van der Waals surface area contributed by atoms with Crippen LogP contribution in [0.3, 0.4) is 0 Å². The molecule has 0 aromatic heterocycles. The van der Waals surface area contributed by atoms with Gasteiger partial charge in [0.2, 0.25) is 5.91 Å². The number of carbonyl (C=O) groups is 2. The number of amides is 1. The molecule has 0 saturated carbocycles. The van der Waals surface area contributed by atoms with Crippen LogP contribution in [0.4, 0.5) is 13.2 Å². The Morgan fingerprint density at radius 1 is 1.29 bits per heavy atom. The fourth-order valence-electron chi connectivity index (χ4n) is 2.03. The Hall–Kier alpha value is -2.25. The summed E-state index contributed by atoms with van der Waals surface area (Å²) in [4.78, 5) is 23.1. The van der Waals surface area contributed by atoms with E-state index < -0.39 is 30.7 Å². The molecule has 1 atom stereocenters. The van der Waals surface area contributed by atoms with Gasteiger partial charge in [0.05, 0.1) is 6.42 Å². The number of rotatable bonds is 8. The lowest BCUT2D eigenvalue weighted by Crippen LogP contribution is -2.42. The number of carbonyl (C=O) groups excluding carboxylic acids is 1. The van der Waals surface area contributed by atoms with Crippen LogP contribution in [-0.2, 0) is 16.0 Å². The number of carboxylic acids is 1. The highest BCUT2D eigenvalue weighted by Crippen LogP contribution is 2.19. The lowest BCUT2D eigenvalue weighted by molar-refractivity contribution is -0.153. The zero-order valence-electron chi connectivity index (χ0n) is 13.4. The Balaban J connectivity index is 2.64. The third-order valence-electron chi connectivity index (χ3n) is 3.01. The van der Waals surface area contributed by atoms with Crippen LogP contribution in [-0.4, -0.2) is 35.8 Å². The minimum Gasteiger partial charge on any atom is -0.484 e. The van der Waals surface area contributed by atoms with E-state index in [0.717, 1.165) is 0 Å². The molecule has 1 amide bonds. The van der Waals surface area contributed by atoms with Crippen molar-refractivity contribution in [1.82, 2.24) is 5.32 Å². The molecule has 24 heavy (non-hydrogen) atoms. The molecule has 0 spiro atoms. The van der Waals surface area contributed by atoms with Gasteiger partial charge < -0.3 is 15.2 Å². The fraction of sp³-hybridized carbons (Fsp3) is 0.500. The molecule has 2 N–H and O–H groups in total. The van der Waals surface area contributed by atoms with Crippen LogP contribution in [0.5, 0.6) is 5.75 Å². The summed E-state index contributed by atoms with van der Waals surface area (Å²) in [7, 11) is 0. The van der Waals surface area contributed by atoms with Gasteiger partial charge in [-0.2, -0.15) is 13.2 Å². The van der Waals surface area contributed by atoms with Crippen molar-refractivity contribution in [3.63, 3.8) is 0 Å². The molecule has 0 radical (unpaired) electrons. The molecule has 0 unspecified atom stereocenters. The second kappa shape index (κ2) is 8.56. The molecular weight excluding hydrogens is 327 g/mol. The van der Waals surface area contributed by atoms with Crippen LogP contribution in [0.2, 0.25) is 0 Å². The van der Waals surface area contributed by atoms with Crippen molar-refractivity contribution in [2.45, 2.75) is 38.9 Å². The van der Waals surface area contributed by atoms with Gasteiger partial charge in [0.15, 0.2) is 6.61 Å². The first-order valence-electron chi connectivity index (χ1n) is 7.37. The Kier molecular flexibility index (Phi) is 7.06. The summed E-state index contributed by atoms with van der Waals surface area (Å²) in [5.41, 5.74) is 0.431. The standard InChI is InChI=1S/C16H20F3NO4/c1-10(2)6-13(15(22)23)20-14(21)8-11-4-3-5-12(7-11)24-9-16(17,18)19/h3-5,7,10,13H,6,8-9H2,1-2H3,(H,20,21)(H,22,23)/t13-/m1/s1. The topological polar surface area (TPSA) is 75.6 Å². The van der Waals surface area contributed by atoms with Crippen molar-refractivity contribution in [1.29, 1.82) is 0 Å². The molecule has 1 aromatic carbocycles. The van der Waals surface area contributed by atoms with Gasteiger partial charge in [0, 0.05) is 0 Å². The molecule has 1 rings (SSSR count). The summed E-state index contributed by atoms with van der Waals surface area (Å²) in [6, 6.07) is 4.70. The van der Waals surface area contributed by atoms with Crippen LogP contribution < -0.4 is 10.1 Å². The highest BCUT2D eigenvalue weighted by molar-refractivity contribution is 5.84. The van der Waals surface area contributed by atoms with Gasteiger partial charge >= 0.3 is 12.1 Å². The van der Waals surface area contributed by atoms with Gasteiger partial charge in [-0.3, -0.25) is 4.79 Å². The van der Waals surface area contributed by atoms with E-state index in [0.29, 0.717) is 5.56 Å². The number of hydrogen-bond acceptors (Lipinski definition) is 3. The lowest BCUT2D eigenvalue weighted by Gasteiger charge is -2.16. The summed E-state index contributed by atoms with van der Waals surface area (Å²) in [5.74, 6) is -1.56. The number of carboxylic acid groups (broad SMARTS) is 1. The lowest BCUT2D eigenvalue weighted by atomic mass is 10.0. The van der Waals surface area contributed by atoms with Gasteiger partial charge in [-0.1, -0.05) is 26.0 Å². The largest absolute Gasteiger partial charge is 0.484 e. The maximum absolute atomic E-state index is 12.1. The Labute approximate surface area is 137 Å². The van der Waals surface area contributed by atoms with Gasteiger partial charge in [-0.25, -0.2) is 4.79 Å². The average Bonchev–Trinajstić information content (AvgIpc) is 2.43. The van der Waals surface area contributed by atoms with E-state index >= 15 is 0 Å². The van der Waals surface area contributed by atoms with Crippen molar-refractivity contribution in [2.75, 3.05) is 6.61 Å². The number of aliphatic carboxylic acids is 1. The number of benzene rings is 1. The Morgan fingerprint density at radius 3 is 2.50 bits per heavy atom. The predicted octanol–water partition coefficient (Wildman–Crippen LogP) is 2.79. The van der Waals surface area contributed by atoms with E-state index in [1.807, 2.05) is 13.8 Å². The Morgan fingerprint density at radius 2 is 1.96 bits per heavy atom. The second-order valence-corrected chi connectivity index (χ2v) is 5.82. The summed E-state index contributed by atoms with van der Waals surface area (Å²) < 4.78 is 41.0. The molecule has 0 fully saturated rings. The molecule has 0 heterocycles. The van der Waals surface area contributed by atoms with Crippen LogP contribution in [0.15, 0.2) is 24.3 Å². The summed E-state index contributed by atoms with van der Waals surface area (Å²) in [6.45, 7) is 2.26. The molecule has 0 aliphatic carbocycles. The van der Waals surface area contributed by atoms with Crippen molar-refractivity contribution in [3.05, 3.63) is 29.8 Å². The van der Waals surface area contributed by atoms with Crippen molar-refractivity contribution in [2.24, 2.45) is 5.92 Å². The van der Waals surface area contributed by atoms with E-state index in [2.05, 4.69) is 10.1 Å². The molecule has 0 aliphatic rings. The van der Waals surface area contributed by atoms with Crippen molar-refractivity contribution >= 4 is 11.9 Å². The monoisotopic (exact) mass is 347 g/mol. The Bertz CT molecular complexity index is 573. The molecule has 134 valence electrons. The molecular formula is C16H20F3NO4. The van der Waals surface area contributed by atoms with Gasteiger partial charge in [-0.05, 0) is 30.0 Å². The number of nitrogens with one attached hydrogen (secondary N) is 1. The van der Waals surface area contributed by atoms with E-state index in [9.17, 15) is 22.8 Å². The zero-order valence-corrected chi connectivity index (χ0v) is 13.4. The quantitative estimate of drug-likeness (QED) is 0.758. The fourth-order valence-corrected chi connectivity index (χ4v) is 2.03. The summed E-state index contributed by atoms with van der Waals surface area (Å²) >= 11 is 0. The highest BCUT2D eigenvalue weighted by atomic mass is 19.4. The first-order valence-corrected chi connectivity index (χ1v) is 7.37. The first kappa shape index (κ1) is 19.8. The average molecular weight is 347 g/mol. The number of alkyl halides is 3. The van der Waals surface area contributed by atoms with Crippen LogP contribution in [0.25, 0.3) is 0 Å². The third-order valence-corrected chi connectivity index (χ3v) is 3.01. The SMILES string of the molecule is CC(C)C[C@@H](NC(=O)Cc1cccc(OCC(F)(F)F)c1)C(=O)O. The van der Waals surface area contributed by atoms with Crippen LogP contribution >= 0.6 is 0 Å². The highest BCUT2D eigenvalue weighted by Gasteiger charge is 2.28. The van der Waals surface area contributed by atoms with E-state index in [4.69, 9.17) is 5.11 Å². The predicted molar refractivity (Wildman–Crippen MR) is 80.7 cm³/mol. The van der Waals surface area contributed by atoms with E-state index in [1.54, 1.807) is 6.07 Å². The van der Waals surface area contributed by atoms with Gasteiger partial charge in [-0.15, -0.1) is 0 Å². The minimum absolute atomic E-state index is 0.00501. The molecule has 0 aliphatic heterocycles. The van der Waals surface area contributed by atoms with Gasteiger partial charge in [0.1, 0.15) is 11.8 Å². The molecule has 5 nitrogen and oxygen atoms in total. The molecule has 0 bridgehead atoms. The maximum atomic E-state index is 12.1. The van der Waals surface area contributed by atoms with Crippen LogP contribution in [0.1, 0.15) is 25.8 Å². The zero-order chi connectivity index (χ0) is 18.3. The maximum Gasteiger partial charge on any atom is 0.422 e. The minimum atomic E-state index is -4.45. The smallest absolute Gasteiger partial charge is 0.422 e. The van der Waals surface area contributed by atoms with Crippen molar-refractivity contribution in [3.8, 4) is 5.75 Å². The van der Waals surface area contributed by atoms with E-state index in [1.165, 1.54) is 18.2 Å². The van der Waals surface area contributed by atoms with Crippen molar-refractivity contribution < 1.29 is 32.6 Å². The summed E-state index contributed by atoms with van der Waals surface area (Å²) in [6.07, 6.45) is -4.31. The third kappa shape index (κ3) is 7.85. The number of ether oxygens (including phenoxy) is 1. The van der Waals surface area contributed by atoms with Gasteiger partial charge in [0.25, 0.3) is 0 Å². The molecule has 8 heteroatoms. The molecule has 0 saturated heterocycles. The second-order valence-electron chi connectivity index (χ2n) is 5.82. The number of halogens is 3. The van der Waals surface area contributed by atoms with Crippen LogP contribution in [0, 0.1) is 5.92 Å².